The number of ether oxygens (including phenoxy) is 4. The van der Waals surface area contributed by atoms with Gasteiger partial charge in [0.2, 0.25) is 0 Å². The van der Waals surface area contributed by atoms with Crippen molar-refractivity contribution in [1.82, 2.24) is 0 Å². The first-order valence-corrected chi connectivity index (χ1v) is 5.15. The average Bonchev–Trinajstić information content (AvgIpc) is 2.42. The smallest absolute Gasteiger partial charge is 0.343 e. The highest BCUT2D eigenvalue weighted by Crippen LogP contribution is 2.26. The summed E-state index contributed by atoms with van der Waals surface area (Å²) in [5, 5.41) is 0. The second-order valence-corrected chi connectivity index (χ2v) is 3.18. The van der Waals surface area contributed by atoms with Gasteiger partial charge in [0.05, 0.1) is 14.2 Å². The Kier molecular flexibility index (Phi) is 5.50. The van der Waals surface area contributed by atoms with E-state index in [9.17, 15) is 9.59 Å². The molecule has 0 spiro atoms. The maximum Gasteiger partial charge on any atom is 0.343 e. The number of para-hydroxylation sites is 2. The van der Waals surface area contributed by atoms with Crippen LogP contribution in [0, 0.1) is 0 Å². The fourth-order valence-corrected chi connectivity index (χ4v) is 1.08. The molecule has 1 aromatic rings. The zero-order valence-corrected chi connectivity index (χ0v) is 10.2. The van der Waals surface area contributed by atoms with Crippen LogP contribution in [0.15, 0.2) is 24.3 Å². The van der Waals surface area contributed by atoms with Gasteiger partial charge < -0.3 is 18.9 Å². The van der Waals surface area contributed by atoms with Gasteiger partial charge in [-0.2, -0.15) is 0 Å². The molecule has 0 heterocycles. The molecule has 0 saturated carbocycles. The van der Waals surface area contributed by atoms with Crippen molar-refractivity contribution >= 4 is 11.9 Å². The van der Waals surface area contributed by atoms with Crippen LogP contribution in [0.3, 0.4) is 0 Å². The summed E-state index contributed by atoms with van der Waals surface area (Å²) in [6, 6.07) is 6.68. The monoisotopic (exact) mass is 254 g/mol. The van der Waals surface area contributed by atoms with Crippen LogP contribution in [0.1, 0.15) is 0 Å². The second-order valence-electron chi connectivity index (χ2n) is 3.18. The Morgan fingerprint density at radius 1 is 0.889 bits per heavy atom. The van der Waals surface area contributed by atoms with Crippen molar-refractivity contribution in [3.8, 4) is 11.5 Å². The first-order chi connectivity index (χ1) is 8.67. The van der Waals surface area contributed by atoms with Gasteiger partial charge in [0.15, 0.2) is 24.7 Å². The van der Waals surface area contributed by atoms with Gasteiger partial charge in [-0.05, 0) is 12.1 Å². The number of esters is 2. The summed E-state index contributed by atoms with van der Waals surface area (Å²) < 4.78 is 19.3. The summed E-state index contributed by atoms with van der Waals surface area (Å²) in [5.41, 5.74) is 0. The topological polar surface area (TPSA) is 71.1 Å². The lowest BCUT2D eigenvalue weighted by Gasteiger charge is -2.10. The highest BCUT2D eigenvalue weighted by atomic mass is 16.6. The molecule has 0 aliphatic heterocycles. The molecule has 6 heteroatoms. The van der Waals surface area contributed by atoms with Crippen LogP contribution in [-0.2, 0) is 19.1 Å². The first-order valence-electron chi connectivity index (χ1n) is 5.15. The number of carbonyl (C=O) groups excluding carboxylic acids is 2. The molecule has 0 N–H and O–H groups in total. The minimum atomic E-state index is -0.502. The van der Waals surface area contributed by atoms with Gasteiger partial charge in [-0.25, -0.2) is 9.59 Å². The van der Waals surface area contributed by atoms with E-state index < -0.39 is 11.9 Å². The van der Waals surface area contributed by atoms with E-state index in [0.29, 0.717) is 11.5 Å². The predicted molar refractivity (Wildman–Crippen MR) is 61.5 cm³/mol. The molecular weight excluding hydrogens is 240 g/mol. The van der Waals surface area contributed by atoms with Crippen molar-refractivity contribution in [1.29, 1.82) is 0 Å². The van der Waals surface area contributed by atoms with Gasteiger partial charge in [0.1, 0.15) is 0 Å². The standard InChI is InChI=1S/C12H14O6/c1-15-11(13)7-17-9-5-3-4-6-10(9)18-8-12(14)16-2/h3-6H,7-8H2,1-2H3. The summed E-state index contributed by atoms with van der Waals surface area (Å²) in [6.07, 6.45) is 0. The molecule has 0 saturated heterocycles. The van der Waals surface area contributed by atoms with Crippen LogP contribution >= 0.6 is 0 Å². The number of rotatable bonds is 6. The third kappa shape index (κ3) is 4.32. The van der Waals surface area contributed by atoms with Crippen molar-refractivity contribution in [2.24, 2.45) is 0 Å². The van der Waals surface area contributed by atoms with E-state index in [2.05, 4.69) is 9.47 Å². The van der Waals surface area contributed by atoms with Crippen LogP contribution in [0.2, 0.25) is 0 Å². The van der Waals surface area contributed by atoms with E-state index in [1.165, 1.54) is 14.2 Å². The maximum atomic E-state index is 10.9. The summed E-state index contributed by atoms with van der Waals surface area (Å²) >= 11 is 0. The maximum absolute atomic E-state index is 10.9. The lowest BCUT2D eigenvalue weighted by atomic mass is 10.3. The summed E-state index contributed by atoms with van der Waals surface area (Å²) in [7, 11) is 2.54. The predicted octanol–water partition coefficient (Wildman–Crippen LogP) is 0.790. The van der Waals surface area contributed by atoms with Crippen molar-refractivity contribution < 1.29 is 28.5 Å². The second kappa shape index (κ2) is 7.16. The lowest BCUT2D eigenvalue weighted by molar-refractivity contribution is -0.144. The van der Waals surface area contributed by atoms with Crippen LogP contribution in [-0.4, -0.2) is 39.4 Å². The molecule has 0 bridgehead atoms. The molecule has 0 aliphatic rings. The molecule has 6 nitrogen and oxygen atoms in total. The molecule has 98 valence electrons. The molecule has 0 aliphatic carbocycles. The highest BCUT2D eigenvalue weighted by molar-refractivity contribution is 5.71. The van der Waals surface area contributed by atoms with E-state index in [1.54, 1.807) is 24.3 Å². The Balaban J connectivity index is 2.61. The van der Waals surface area contributed by atoms with E-state index >= 15 is 0 Å². The molecule has 18 heavy (non-hydrogen) atoms. The average molecular weight is 254 g/mol. The van der Waals surface area contributed by atoms with Gasteiger partial charge >= 0.3 is 11.9 Å². The third-order valence-corrected chi connectivity index (χ3v) is 2.00. The normalized spacial score (nSPS) is 9.44. The Bertz CT molecular complexity index is 376. The van der Waals surface area contributed by atoms with Crippen LogP contribution in [0.5, 0.6) is 11.5 Å². The highest BCUT2D eigenvalue weighted by Gasteiger charge is 2.09. The molecular formula is C12H14O6. The molecule has 0 atom stereocenters. The summed E-state index contributed by atoms with van der Waals surface area (Å²) in [5.74, 6) is -0.297. The SMILES string of the molecule is COC(=O)COc1ccccc1OCC(=O)OC. The minimum absolute atomic E-state index is 0.227. The molecule has 0 radical (unpaired) electrons. The van der Waals surface area contributed by atoms with Gasteiger partial charge in [-0.1, -0.05) is 12.1 Å². The van der Waals surface area contributed by atoms with Gasteiger partial charge in [-0.3, -0.25) is 0 Å². The zero-order valence-electron chi connectivity index (χ0n) is 10.2. The number of carbonyl (C=O) groups is 2. The number of benzene rings is 1. The largest absolute Gasteiger partial charge is 0.478 e. The van der Waals surface area contributed by atoms with Crippen LogP contribution < -0.4 is 9.47 Å². The molecule has 0 amide bonds. The van der Waals surface area contributed by atoms with E-state index in [0.717, 1.165) is 0 Å². The lowest BCUT2D eigenvalue weighted by Crippen LogP contribution is -2.15. The van der Waals surface area contributed by atoms with Crippen LogP contribution in [0.4, 0.5) is 0 Å². The molecule has 1 rings (SSSR count). The van der Waals surface area contributed by atoms with Crippen molar-refractivity contribution in [2.75, 3.05) is 27.4 Å². The van der Waals surface area contributed by atoms with Crippen molar-refractivity contribution in [2.45, 2.75) is 0 Å². The zero-order chi connectivity index (χ0) is 13.4. The summed E-state index contributed by atoms with van der Waals surface area (Å²) in [6.45, 7) is -0.454. The number of methoxy groups -OCH3 is 2. The summed E-state index contributed by atoms with van der Waals surface area (Å²) in [4.78, 5) is 21.9. The Labute approximate surface area is 104 Å². The number of hydrogen-bond donors (Lipinski definition) is 0. The minimum Gasteiger partial charge on any atom is -0.478 e. The third-order valence-electron chi connectivity index (χ3n) is 2.00. The molecule has 0 aromatic heterocycles. The van der Waals surface area contributed by atoms with E-state index in [-0.39, 0.29) is 13.2 Å². The molecule has 0 unspecified atom stereocenters. The van der Waals surface area contributed by atoms with Gasteiger partial charge in [-0.15, -0.1) is 0 Å². The first kappa shape index (κ1) is 13.8. The number of hydrogen-bond acceptors (Lipinski definition) is 6. The quantitative estimate of drug-likeness (QED) is 0.699. The Morgan fingerprint density at radius 2 is 1.28 bits per heavy atom. The molecule has 1 aromatic carbocycles. The van der Waals surface area contributed by atoms with Crippen molar-refractivity contribution in [3.63, 3.8) is 0 Å². The van der Waals surface area contributed by atoms with Crippen molar-refractivity contribution in [3.05, 3.63) is 24.3 Å². The Hall–Kier alpha value is -2.24. The van der Waals surface area contributed by atoms with E-state index in [1.807, 2.05) is 0 Å². The fourth-order valence-electron chi connectivity index (χ4n) is 1.08. The van der Waals surface area contributed by atoms with Gasteiger partial charge in [0.25, 0.3) is 0 Å². The Morgan fingerprint density at radius 3 is 1.61 bits per heavy atom. The van der Waals surface area contributed by atoms with E-state index in [4.69, 9.17) is 9.47 Å². The fraction of sp³-hybridized carbons (Fsp3) is 0.333. The van der Waals surface area contributed by atoms with Gasteiger partial charge in [0, 0.05) is 0 Å². The molecule has 0 fully saturated rings. The van der Waals surface area contributed by atoms with Crippen LogP contribution in [0.25, 0.3) is 0 Å².